The summed E-state index contributed by atoms with van der Waals surface area (Å²) in [4.78, 5) is 25.6. The van der Waals surface area contributed by atoms with E-state index in [1.54, 1.807) is 13.2 Å². The second-order valence-corrected chi connectivity index (χ2v) is 11.7. The number of carbonyl (C=O) groups is 1. The number of primary amides is 1. The third-order valence-corrected chi connectivity index (χ3v) is 9.13. The molecule has 3 aromatic heterocycles. The number of benzene rings is 2. The highest BCUT2D eigenvalue weighted by atomic mass is 16.5. The standard InChI is InChI=1S/C32H36N8O3/c1-38-11-13-39(14-12-38)22-5-7-23(8-6-22)40-32-28(30(33)35-18-36-32)29(37-40)20-3-9-24(26(16-20)42-2)19-4-10-25-21(15-19)17-27(43-25)31(34)41/h3-4,9-10,15-18,22-23H,5-8,11-14H2,1-2H3,(H2,34,41)(H2,33,35,36). The van der Waals surface area contributed by atoms with Gasteiger partial charge in [0.05, 0.1) is 18.5 Å². The number of furan rings is 1. The number of rotatable bonds is 6. The first-order valence-electron chi connectivity index (χ1n) is 14.8. The number of nitrogens with zero attached hydrogens (tertiary/aromatic N) is 6. The van der Waals surface area contributed by atoms with Gasteiger partial charge in [-0.05, 0) is 68.6 Å². The average Bonchev–Trinajstić information content (AvgIpc) is 3.64. The minimum atomic E-state index is -0.599. The zero-order chi connectivity index (χ0) is 29.7. The van der Waals surface area contributed by atoms with Crippen LogP contribution < -0.4 is 16.2 Å². The summed E-state index contributed by atoms with van der Waals surface area (Å²) in [5, 5.41) is 6.68. The van der Waals surface area contributed by atoms with Crippen molar-refractivity contribution in [3.05, 3.63) is 54.6 Å². The number of aromatic nitrogens is 4. The molecule has 4 N–H and O–H groups in total. The molecule has 1 saturated heterocycles. The van der Waals surface area contributed by atoms with Crippen molar-refractivity contribution in [3.8, 4) is 28.1 Å². The molecule has 2 aromatic carbocycles. The van der Waals surface area contributed by atoms with Gasteiger partial charge in [-0.15, -0.1) is 0 Å². The first-order chi connectivity index (χ1) is 20.9. The number of nitrogen functional groups attached to an aromatic ring is 1. The van der Waals surface area contributed by atoms with Gasteiger partial charge < -0.3 is 25.5 Å². The average molecular weight is 581 g/mol. The molecule has 0 unspecified atom stereocenters. The molecule has 5 aromatic rings. The minimum Gasteiger partial charge on any atom is -0.496 e. The van der Waals surface area contributed by atoms with Crippen molar-refractivity contribution >= 4 is 33.7 Å². The summed E-state index contributed by atoms with van der Waals surface area (Å²) in [6.45, 7) is 4.57. The van der Waals surface area contributed by atoms with Crippen molar-refractivity contribution < 1.29 is 13.9 Å². The Labute approximate surface area is 249 Å². The van der Waals surface area contributed by atoms with Crippen molar-refractivity contribution in [2.24, 2.45) is 5.73 Å². The van der Waals surface area contributed by atoms with Crippen LogP contribution in [0.2, 0.25) is 0 Å². The van der Waals surface area contributed by atoms with Crippen LogP contribution in [-0.2, 0) is 0 Å². The van der Waals surface area contributed by atoms with E-state index < -0.39 is 5.91 Å². The highest BCUT2D eigenvalue weighted by molar-refractivity contribution is 5.99. The fourth-order valence-corrected chi connectivity index (χ4v) is 6.72. The van der Waals surface area contributed by atoms with E-state index in [0.29, 0.717) is 23.2 Å². The highest BCUT2D eigenvalue weighted by Crippen LogP contribution is 2.40. The van der Waals surface area contributed by atoms with Crippen LogP contribution in [0, 0.1) is 0 Å². The maximum Gasteiger partial charge on any atom is 0.284 e. The molecule has 2 aliphatic rings. The molecule has 0 bridgehead atoms. The van der Waals surface area contributed by atoms with Gasteiger partial charge in [0, 0.05) is 48.7 Å². The van der Waals surface area contributed by atoms with Gasteiger partial charge in [-0.25, -0.2) is 14.6 Å². The Morgan fingerprint density at radius 2 is 1.70 bits per heavy atom. The molecule has 7 rings (SSSR count). The Morgan fingerprint density at radius 3 is 2.44 bits per heavy atom. The zero-order valence-corrected chi connectivity index (χ0v) is 24.5. The van der Waals surface area contributed by atoms with Gasteiger partial charge in [0.15, 0.2) is 11.4 Å². The maximum absolute atomic E-state index is 11.6. The fourth-order valence-electron chi connectivity index (χ4n) is 6.72. The molecule has 0 atom stereocenters. The van der Waals surface area contributed by atoms with Gasteiger partial charge in [-0.2, -0.15) is 5.10 Å². The number of fused-ring (bicyclic) bond motifs is 2. The van der Waals surface area contributed by atoms with Crippen molar-refractivity contribution in [2.75, 3.05) is 46.1 Å². The molecular formula is C32H36N8O3. The lowest BCUT2D eigenvalue weighted by molar-refractivity contribution is 0.0815. The summed E-state index contributed by atoms with van der Waals surface area (Å²) < 4.78 is 13.5. The number of likely N-dealkylation sites (N-methyl/N-ethyl adjacent to an activating group) is 1. The van der Waals surface area contributed by atoms with E-state index in [-0.39, 0.29) is 11.8 Å². The molecule has 222 valence electrons. The Balaban J connectivity index is 1.20. The van der Waals surface area contributed by atoms with Crippen LogP contribution in [0.3, 0.4) is 0 Å². The molecule has 1 aliphatic heterocycles. The van der Waals surface area contributed by atoms with Crippen LogP contribution in [0.4, 0.5) is 5.82 Å². The molecule has 11 nitrogen and oxygen atoms in total. The van der Waals surface area contributed by atoms with Crippen molar-refractivity contribution in [1.82, 2.24) is 29.5 Å². The molecule has 0 radical (unpaired) electrons. The van der Waals surface area contributed by atoms with Crippen LogP contribution >= 0.6 is 0 Å². The van der Waals surface area contributed by atoms with Gasteiger partial charge in [-0.3, -0.25) is 9.69 Å². The first kappa shape index (κ1) is 27.4. The Morgan fingerprint density at radius 1 is 0.953 bits per heavy atom. The summed E-state index contributed by atoms with van der Waals surface area (Å²) in [6, 6.07) is 14.3. The van der Waals surface area contributed by atoms with Gasteiger partial charge in [0.2, 0.25) is 0 Å². The van der Waals surface area contributed by atoms with Crippen LogP contribution in [0.5, 0.6) is 5.75 Å². The van der Waals surface area contributed by atoms with E-state index in [1.165, 1.54) is 6.33 Å². The lowest BCUT2D eigenvalue weighted by Gasteiger charge is -2.41. The number of hydrogen-bond acceptors (Lipinski definition) is 9. The number of methoxy groups -OCH3 is 1. The van der Waals surface area contributed by atoms with Gasteiger partial charge in [0.1, 0.15) is 29.2 Å². The number of hydrogen-bond donors (Lipinski definition) is 2. The molecule has 1 saturated carbocycles. The SMILES string of the molecule is COc1cc(-c2nn(C3CCC(N4CCN(C)CC4)CC3)c3ncnc(N)c23)ccc1-c1ccc2oc(C(N)=O)cc2c1. The summed E-state index contributed by atoms with van der Waals surface area (Å²) in [6.07, 6.45) is 5.92. The third kappa shape index (κ3) is 4.98. The van der Waals surface area contributed by atoms with Crippen LogP contribution in [0.25, 0.3) is 44.4 Å². The summed E-state index contributed by atoms with van der Waals surface area (Å²) in [7, 11) is 3.85. The Kier molecular flexibility index (Phi) is 6.98. The number of nitrogens with two attached hydrogens (primary N) is 2. The largest absolute Gasteiger partial charge is 0.496 e. The first-order valence-corrected chi connectivity index (χ1v) is 14.8. The van der Waals surface area contributed by atoms with E-state index in [1.807, 2.05) is 36.4 Å². The third-order valence-electron chi connectivity index (χ3n) is 9.13. The topological polar surface area (TPSA) is 142 Å². The van der Waals surface area contributed by atoms with Crippen LogP contribution in [0.1, 0.15) is 42.3 Å². The van der Waals surface area contributed by atoms with Gasteiger partial charge in [-0.1, -0.05) is 12.1 Å². The summed E-state index contributed by atoms with van der Waals surface area (Å²) in [5.41, 5.74) is 16.6. The zero-order valence-electron chi connectivity index (χ0n) is 24.5. The number of piperazine rings is 1. The Bertz CT molecular complexity index is 1810. The van der Waals surface area contributed by atoms with Gasteiger partial charge in [0.25, 0.3) is 5.91 Å². The van der Waals surface area contributed by atoms with Crippen molar-refractivity contribution in [1.29, 1.82) is 0 Å². The lowest BCUT2D eigenvalue weighted by atomic mass is 9.90. The van der Waals surface area contributed by atoms with E-state index in [2.05, 4.69) is 31.5 Å². The molecule has 0 spiro atoms. The van der Waals surface area contributed by atoms with E-state index in [0.717, 1.165) is 90.7 Å². The summed E-state index contributed by atoms with van der Waals surface area (Å²) in [5.74, 6) is 0.625. The minimum absolute atomic E-state index is 0.129. The predicted octanol–water partition coefficient (Wildman–Crippen LogP) is 4.33. The molecule has 1 aliphatic carbocycles. The van der Waals surface area contributed by atoms with E-state index >= 15 is 0 Å². The lowest BCUT2D eigenvalue weighted by Crippen LogP contribution is -2.49. The monoisotopic (exact) mass is 580 g/mol. The second-order valence-electron chi connectivity index (χ2n) is 11.7. The quantitative estimate of drug-likeness (QED) is 0.300. The van der Waals surface area contributed by atoms with Crippen molar-refractivity contribution in [2.45, 2.75) is 37.8 Å². The number of anilines is 1. The summed E-state index contributed by atoms with van der Waals surface area (Å²) >= 11 is 0. The molecule has 4 heterocycles. The molecule has 43 heavy (non-hydrogen) atoms. The van der Waals surface area contributed by atoms with Crippen LogP contribution in [-0.4, -0.2) is 81.8 Å². The maximum atomic E-state index is 11.6. The van der Waals surface area contributed by atoms with Crippen molar-refractivity contribution in [3.63, 3.8) is 0 Å². The fraction of sp³-hybridized carbons (Fsp3) is 0.375. The van der Waals surface area contributed by atoms with Gasteiger partial charge >= 0.3 is 0 Å². The number of carbonyl (C=O) groups excluding carboxylic acids is 1. The number of amides is 1. The molecule has 1 amide bonds. The highest BCUT2D eigenvalue weighted by Gasteiger charge is 2.31. The molecular weight excluding hydrogens is 544 g/mol. The van der Waals surface area contributed by atoms with E-state index in [4.69, 9.17) is 25.7 Å². The number of ether oxygens (including phenoxy) is 1. The van der Waals surface area contributed by atoms with E-state index in [9.17, 15) is 4.79 Å². The smallest absolute Gasteiger partial charge is 0.284 e. The second kappa shape index (κ2) is 11.0. The molecule has 2 fully saturated rings. The molecule has 11 heteroatoms. The Hall–Kier alpha value is -4.48. The van der Waals surface area contributed by atoms with Crippen LogP contribution in [0.15, 0.2) is 53.2 Å². The normalized spacial score (nSPS) is 20.1. The predicted molar refractivity (Wildman–Crippen MR) is 166 cm³/mol.